The molecule has 0 N–H and O–H groups in total. The van der Waals surface area contributed by atoms with E-state index in [1.54, 1.807) is 0 Å². The molecular formula is C45H43N5O. The molecule has 0 amide bonds. The third-order valence-corrected chi connectivity index (χ3v) is 9.84. The van der Waals surface area contributed by atoms with E-state index in [-0.39, 0.29) is 5.41 Å². The lowest BCUT2D eigenvalue weighted by Gasteiger charge is -2.21. The lowest BCUT2D eigenvalue weighted by Crippen LogP contribution is -2.21. The van der Waals surface area contributed by atoms with Crippen molar-refractivity contribution in [3.63, 3.8) is 0 Å². The second-order valence-electron chi connectivity index (χ2n) is 14.8. The standard InChI is InChI=1S/C45H43N5O/c1-29-21-30(2)43(31(3)22-29)32-23-34(49-20-19-48(7)28-49)26-36(24-32)51-35-14-15-37-38-11-10-12-39(40-13-8-9-17-46-40)44(38)50(41(37)27-35)42-25-33(16-18-47-42)45(4,5)6/h8-27H,28H2,1-7H3. The Morgan fingerprint density at radius 2 is 1.53 bits per heavy atom. The van der Waals surface area contributed by atoms with Crippen LogP contribution >= 0.6 is 0 Å². The molecule has 8 rings (SSSR count). The molecular weight excluding hydrogens is 627 g/mol. The molecule has 0 saturated carbocycles. The Kier molecular flexibility index (Phi) is 7.90. The molecule has 3 aromatic heterocycles. The first-order valence-corrected chi connectivity index (χ1v) is 17.6. The third-order valence-electron chi connectivity index (χ3n) is 9.84. The van der Waals surface area contributed by atoms with E-state index in [2.05, 4.69) is 160 Å². The van der Waals surface area contributed by atoms with Crippen LogP contribution in [0.25, 0.3) is 50.0 Å². The van der Waals surface area contributed by atoms with E-state index in [9.17, 15) is 0 Å². The van der Waals surface area contributed by atoms with E-state index in [4.69, 9.17) is 14.7 Å². The first-order chi connectivity index (χ1) is 24.5. The van der Waals surface area contributed by atoms with Crippen LogP contribution in [0.2, 0.25) is 0 Å². The van der Waals surface area contributed by atoms with E-state index in [1.807, 2.05) is 24.5 Å². The topological polar surface area (TPSA) is 46.4 Å². The Morgan fingerprint density at radius 1 is 0.706 bits per heavy atom. The van der Waals surface area contributed by atoms with Crippen molar-refractivity contribution in [2.24, 2.45) is 0 Å². The number of fused-ring (bicyclic) bond motifs is 3. The summed E-state index contributed by atoms with van der Waals surface area (Å²) in [5.74, 6) is 2.41. The van der Waals surface area contributed by atoms with Gasteiger partial charge in [-0.2, -0.15) is 0 Å². The second kappa shape index (κ2) is 12.5. The minimum Gasteiger partial charge on any atom is -0.457 e. The summed E-state index contributed by atoms with van der Waals surface area (Å²) in [4.78, 5) is 14.1. The van der Waals surface area contributed by atoms with Gasteiger partial charge in [0.1, 0.15) is 17.3 Å². The fraction of sp³-hybridized carbons (Fsp3) is 0.200. The van der Waals surface area contributed by atoms with Crippen LogP contribution in [0.15, 0.2) is 122 Å². The number of nitrogens with zero attached hydrogens (tertiary/aromatic N) is 5. The molecule has 254 valence electrons. The SMILES string of the molecule is Cc1cc(C)c(-c2cc(Oc3ccc4c5cccc(-c6ccccn6)c5n(-c5cc(C(C)(C)C)ccn5)c4c3)cc(N3C=CN(C)C3)c2)c(C)c1. The number of rotatable bonds is 6. The number of ether oxygens (including phenoxy) is 1. The molecule has 0 atom stereocenters. The number of anilines is 1. The predicted molar refractivity (Wildman–Crippen MR) is 211 cm³/mol. The van der Waals surface area contributed by atoms with Gasteiger partial charge in [0.25, 0.3) is 0 Å². The first kappa shape index (κ1) is 32.3. The number of hydrogen-bond acceptors (Lipinski definition) is 5. The van der Waals surface area contributed by atoms with Gasteiger partial charge in [-0.3, -0.25) is 9.55 Å². The summed E-state index contributed by atoms with van der Waals surface area (Å²) in [5, 5.41) is 2.27. The highest BCUT2D eigenvalue weighted by Crippen LogP contribution is 2.41. The second-order valence-corrected chi connectivity index (χ2v) is 14.8. The number of aromatic nitrogens is 3. The molecule has 6 heteroatoms. The van der Waals surface area contributed by atoms with Gasteiger partial charge >= 0.3 is 0 Å². The Hall–Kier alpha value is -5.88. The normalized spacial score (nSPS) is 13.2. The van der Waals surface area contributed by atoms with Gasteiger partial charge in [0.2, 0.25) is 0 Å². The average Bonchev–Trinajstić information content (AvgIpc) is 3.69. The van der Waals surface area contributed by atoms with Crippen molar-refractivity contribution in [1.82, 2.24) is 19.4 Å². The van der Waals surface area contributed by atoms with Gasteiger partial charge < -0.3 is 14.5 Å². The van der Waals surface area contributed by atoms with Crippen molar-refractivity contribution in [3.05, 3.63) is 144 Å². The van der Waals surface area contributed by atoms with Crippen molar-refractivity contribution in [3.8, 4) is 39.7 Å². The Morgan fingerprint density at radius 3 is 2.25 bits per heavy atom. The average molecular weight is 670 g/mol. The van der Waals surface area contributed by atoms with Crippen LogP contribution in [0.1, 0.15) is 43.0 Å². The van der Waals surface area contributed by atoms with Crippen molar-refractivity contribution in [1.29, 1.82) is 0 Å². The molecule has 7 aromatic rings. The molecule has 1 aliphatic rings. The van der Waals surface area contributed by atoms with Crippen LogP contribution in [0.4, 0.5) is 5.69 Å². The number of hydrogen-bond donors (Lipinski definition) is 0. The fourth-order valence-electron chi connectivity index (χ4n) is 7.50. The molecule has 0 saturated heterocycles. The molecule has 0 radical (unpaired) electrons. The fourth-order valence-corrected chi connectivity index (χ4v) is 7.50. The minimum atomic E-state index is -0.0369. The molecule has 0 unspecified atom stereocenters. The van der Waals surface area contributed by atoms with Crippen molar-refractivity contribution < 1.29 is 4.74 Å². The molecule has 0 bridgehead atoms. The van der Waals surface area contributed by atoms with Gasteiger partial charge in [-0.25, -0.2) is 4.98 Å². The third kappa shape index (κ3) is 6.01. The molecule has 0 aliphatic carbocycles. The van der Waals surface area contributed by atoms with Crippen molar-refractivity contribution in [2.75, 3.05) is 18.6 Å². The number of pyridine rings is 2. The Balaban J connectivity index is 1.32. The molecule has 51 heavy (non-hydrogen) atoms. The zero-order valence-corrected chi connectivity index (χ0v) is 30.4. The largest absolute Gasteiger partial charge is 0.457 e. The number of para-hydroxylation sites is 1. The maximum absolute atomic E-state index is 6.85. The predicted octanol–water partition coefficient (Wildman–Crippen LogP) is 11.1. The zero-order chi connectivity index (χ0) is 35.4. The quantitative estimate of drug-likeness (QED) is 0.176. The Bertz CT molecular complexity index is 2450. The van der Waals surface area contributed by atoms with E-state index in [1.165, 1.54) is 27.8 Å². The minimum absolute atomic E-state index is 0.0369. The van der Waals surface area contributed by atoms with Gasteiger partial charge in [0.15, 0.2) is 0 Å². The molecule has 4 aromatic carbocycles. The maximum Gasteiger partial charge on any atom is 0.137 e. The highest BCUT2D eigenvalue weighted by atomic mass is 16.5. The van der Waals surface area contributed by atoms with E-state index in [0.29, 0.717) is 0 Å². The number of benzene rings is 4. The summed E-state index contributed by atoms with van der Waals surface area (Å²) in [5.41, 5.74) is 12.5. The lowest BCUT2D eigenvalue weighted by molar-refractivity contribution is 0.481. The number of aryl methyl sites for hydroxylation is 3. The highest BCUT2D eigenvalue weighted by molar-refractivity contribution is 6.13. The van der Waals surface area contributed by atoms with E-state index in [0.717, 1.165) is 68.3 Å². The van der Waals surface area contributed by atoms with Crippen LogP contribution in [0.3, 0.4) is 0 Å². The van der Waals surface area contributed by atoms with E-state index >= 15 is 0 Å². The summed E-state index contributed by atoms with van der Waals surface area (Å²) in [6, 6.07) is 34.4. The smallest absolute Gasteiger partial charge is 0.137 e. The summed E-state index contributed by atoms with van der Waals surface area (Å²) in [6.07, 6.45) is 8.00. The van der Waals surface area contributed by atoms with Crippen molar-refractivity contribution in [2.45, 2.75) is 47.0 Å². The van der Waals surface area contributed by atoms with E-state index < -0.39 is 0 Å². The molecule has 0 fully saturated rings. The van der Waals surface area contributed by atoms with Gasteiger partial charge in [-0.15, -0.1) is 0 Å². The van der Waals surface area contributed by atoms with Gasteiger partial charge in [0.05, 0.1) is 23.4 Å². The summed E-state index contributed by atoms with van der Waals surface area (Å²) in [6.45, 7) is 14.0. The van der Waals surface area contributed by atoms with Crippen LogP contribution in [0.5, 0.6) is 11.5 Å². The first-order valence-electron chi connectivity index (χ1n) is 17.6. The van der Waals surface area contributed by atoms with Crippen LogP contribution in [-0.4, -0.2) is 33.2 Å². The summed E-state index contributed by atoms with van der Waals surface area (Å²) < 4.78 is 9.13. The molecule has 1 aliphatic heterocycles. The van der Waals surface area contributed by atoms with Crippen molar-refractivity contribution >= 4 is 27.5 Å². The Labute approximate surface area is 300 Å². The molecule has 4 heterocycles. The maximum atomic E-state index is 6.85. The molecule has 0 spiro atoms. The van der Waals surface area contributed by atoms with Crippen LogP contribution in [-0.2, 0) is 5.41 Å². The lowest BCUT2D eigenvalue weighted by atomic mass is 9.88. The highest BCUT2D eigenvalue weighted by Gasteiger charge is 2.22. The summed E-state index contributed by atoms with van der Waals surface area (Å²) in [7, 11) is 2.09. The summed E-state index contributed by atoms with van der Waals surface area (Å²) >= 11 is 0. The van der Waals surface area contributed by atoms with Crippen LogP contribution in [0, 0.1) is 20.8 Å². The van der Waals surface area contributed by atoms with Gasteiger partial charge in [-0.1, -0.05) is 62.7 Å². The zero-order valence-electron chi connectivity index (χ0n) is 30.4. The molecule has 6 nitrogen and oxygen atoms in total. The monoisotopic (exact) mass is 669 g/mol. The van der Waals surface area contributed by atoms with Gasteiger partial charge in [-0.05, 0) is 103 Å². The van der Waals surface area contributed by atoms with Crippen LogP contribution < -0.4 is 9.64 Å². The van der Waals surface area contributed by atoms with Gasteiger partial charge in [0, 0.05) is 66.0 Å².